The van der Waals surface area contributed by atoms with Gasteiger partial charge >= 0.3 is 0 Å². The molecule has 2 aromatic rings. The Bertz CT molecular complexity index is 748. The Morgan fingerprint density at radius 1 is 1.05 bits per heavy atom. The van der Waals surface area contributed by atoms with Gasteiger partial charge in [-0.15, -0.1) is 0 Å². The Morgan fingerprint density at radius 2 is 1.68 bits per heavy atom. The van der Waals surface area contributed by atoms with E-state index in [0.29, 0.717) is 18.0 Å². The summed E-state index contributed by atoms with van der Waals surface area (Å²) in [6.07, 6.45) is 4.77. The minimum Gasteiger partial charge on any atom is -0.207 e. The van der Waals surface area contributed by atoms with Crippen molar-refractivity contribution in [2.24, 2.45) is 0 Å². The first-order valence-electron chi connectivity index (χ1n) is 7.41. The van der Waals surface area contributed by atoms with E-state index < -0.39 is 10.0 Å². The van der Waals surface area contributed by atoms with Crippen LogP contribution in [0, 0.1) is 13.8 Å². The van der Waals surface area contributed by atoms with Gasteiger partial charge in [-0.3, -0.25) is 0 Å². The topological polar surface area (TPSA) is 68.1 Å². The molecule has 0 unspecified atom stereocenters. The van der Waals surface area contributed by atoms with E-state index in [1.165, 1.54) is 0 Å². The van der Waals surface area contributed by atoms with Gasteiger partial charge in [0.05, 0.1) is 23.3 Å². The summed E-state index contributed by atoms with van der Waals surface area (Å²) in [5.41, 5.74) is 2.10. The molecule has 3 rings (SSSR count). The van der Waals surface area contributed by atoms with Crippen LogP contribution in [0.4, 0.5) is 0 Å². The number of piperidine rings is 1. The van der Waals surface area contributed by atoms with Crippen LogP contribution in [0.15, 0.2) is 35.5 Å². The molecule has 0 radical (unpaired) electrons. The monoisotopic (exact) mass is 320 g/mol. The second-order valence-electron chi connectivity index (χ2n) is 5.73. The lowest BCUT2D eigenvalue weighted by atomic mass is 10.1. The van der Waals surface area contributed by atoms with Crippen LogP contribution in [-0.2, 0) is 10.0 Å². The summed E-state index contributed by atoms with van der Waals surface area (Å²) in [5, 5.41) is 8.29. The Morgan fingerprint density at radius 3 is 2.27 bits per heavy atom. The highest BCUT2D eigenvalue weighted by molar-refractivity contribution is 7.89. The normalized spacial score (nSPS) is 17.7. The maximum atomic E-state index is 12.7. The van der Waals surface area contributed by atoms with Gasteiger partial charge in [0.2, 0.25) is 10.0 Å². The maximum absolute atomic E-state index is 12.7. The lowest BCUT2D eigenvalue weighted by Gasteiger charge is -2.30. The smallest absolute Gasteiger partial charge is 0.207 e. The van der Waals surface area contributed by atoms with E-state index in [9.17, 15) is 8.42 Å². The molecule has 1 aromatic carbocycles. The van der Waals surface area contributed by atoms with Crippen molar-refractivity contribution in [3.05, 3.63) is 41.7 Å². The third-order valence-electron chi connectivity index (χ3n) is 4.30. The number of sulfonamides is 1. The first-order chi connectivity index (χ1) is 10.5. The molecule has 0 saturated carbocycles. The summed E-state index contributed by atoms with van der Waals surface area (Å²) in [4.78, 5) is 2.06. The van der Waals surface area contributed by atoms with Gasteiger partial charge in [0, 0.05) is 13.1 Å². The largest absolute Gasteiger partial charge is 0.243 e. The molecule has 7 heteroatoms. The van der Waals surface area contributed by atoms with Crippen LogP contribution < -0.4 is 0 Å². The van der Waals surface area contributed by atoms with E-state index in [-0.39, 0.29) is 6.04 Å². The summed E-state index contributed by atoms with van der Waals surface area (Å²) < 4.78 is 27.0. The number of hydrogen-bond acceptors (Lipinski definition) is 4. The zero-order valence-electron chi connectivity index (χ0n) is 12.8. The van der Waals surface area contributed by atoms with Crippen molar-refractivity contribution < 1.29 is 8.42 Å². The molecule has 118 valence electrons. The molecule has 6 nitrogen and oxygen atoms in total. The van der Waals surface area contributed by atoms with E-state index in [2.05, 4.69) is 10.2 Å². The lowest BCUT2D eigenvalue weighted by molar-refractivity contribution is 0.245. The van der Waals surface area contributed by atoms with Crippen LogP contribution in [-0.4, -0.2) is 40.8 Å². The van der Waals surface area contributed by atoms with Gasteiger partial charge in [-0.25, -0.2) is 8.42 Å². The summed E-state index contributed by atoms with van der Waals surface area (Å²) in [6.45, 7) is 4.92. The third-order valence-corrected chi connectivity index (χ3v) is 6.20. The van der Waals surface area contributed by atoms with Crippen molar-refractivity contribution in [3.63, 3.8) is 0 Å². The molecule has 0 atom stereocenters. The fourth-order valence-corrected chi connectivity index (χ4v) is 4.31. The summed E-state index contributed by atoms with van der Waals surface area (Å²) in [7, 11) is -3.41. The van der Waals surface area contributed by atoms with E-state index in [1.807, 2.05) is 19.9 Å². The van der Waals surface area contributed by atoms with Crippen LogP contribution in [0.2, 0.25) is 0 Å². The molecule has 0 N–H and O–H groups in total. The third kappa shape index (κ3) is 2.78. The zero-order chi connectivity index (χ0) is 15.7. The highest BCUT2D eigenvalue weighted by atomic mass is 32.2. The van der Waals surface area contributed by atoms with Gasteiger partial charge in [-0.2, -0.15) is 19.3 Å². The van der Waals surface area contributed by atoms with Gasteiger partial charge in [0.25, 0.3) is 0 Å². The molecule has 1 saturated heterocycles. The molecule has 0 aliphatic carbocycles. The Hall–Kier alpha value is -1.73. The van der Waals surface area contributed by atoms with Crippen molar-refractivity contribution in [1.29, 1.82) is 0 Å². The highest BCUT2D eigenvalue weighted by Gasteiger charge is 2.30. The SMILES string of the molecule is Cc1ccc(S(=O)(=O)N2CCC(n3nccn3)CC2)cc1C. The molecule has 1 aliphatic heterocycles. The zero-order valence-corrected chi connectivity index (χ0v) is 13.6. The molecule has 1 aliphatic rings. The van der Waals surface area contributed by atoms with Gasteiger partial charge < -0.3 is 0 Å². The number of rotatable bonds is 3. The van der Waals surface area contributed by atoms with Gasteiger partial charge in [0.15, 0.2) is 0 Å². The molecule has 0 spiro atoms. The van der Waals surface area contributed by atoms with Crippen LogP contribution in [0.3, 0.4) is 0 Å². The van der Waals surface area contributed by atoms with Crippen LogP contribution in [0.25, 0.3) is 0 Å². The standard InChI is InChI=1S/C15H20N4O2S/c1-12-3-4-15(11-13(12)2)22(20,21)18-9-5-14(6-10-18)19-16-7-8-17-19/h3-4,7-8,11,14H,5-6,9-10H2,1-2H3. The second-order valence-corrected chi connectivity index (χ2v) is 7.67. The van der Waals surface area contributed by atoms with Gasteiger partial charge in [-0.05, 0) is 49.9 Å². The van der Waals surface area contributed by atoms with E-state index in [1.54, 1.807) is 33.6 Å². The van der Waals surface area contributed by atoms with E-state index >= 15 is 0 Å². The second kappa shape index (κ2) is 5.81. The number of benzene rings is 1. The van der Waals surface area contributed by atoms with Crippen LogP contribution in [0.1, 0.15) is 30.0 Å². The summed E-state index contributed by atoms with van der Waals surface area (Å²) in [5.74, 6) is 0. The molecule has 0 bridgehead atoms. The van der Waals surface area contributed by atoms with Crippen molar-refractivity contribution in [2.45, 2.75) is 37.6 Å². The minimum absolute atomic E-state index is 0.182. The van der Waals surface area contributed by atoms with Crippen molar-refractivity contribution in [3.8, 4) is 0 Å². The minimum atomic E-state index is -3.41. The fourth-order valence-electron chi connectivity index (χ4n) is 2.75. The number of aromatic nitrogens is 3. The molecule has 22 heavy (non-hydrogen) atoms. The quantitative estimate of drug-likeness (QED) is 0.866. The van der Waals surface area contributed by atoms with E-state index in [4.69, 9.17) is 0 Å². The molecule has 0 amide bonds. The Kier molecular flexibility index (Phi) is 4.01. The average Bonchev–Trinajstić information content (AvgIpc) is 3.04. The number of hydrogen-bond donors (Lipinski definition) is 0. The molecule has 2 heterocycles. The van der Waals surface area contributed by atoms with E-state index in [0.717, 1.165) is 24.0 Å². The first kappa shape index (κ1) is 15.2. The van der Waals surface area contributed by atoms with Crippen LogP contribution in [0.5, 0.6) is 0 Å². The first-order valence-corrected chi connectivity index (χ1v) is 8.86. The fraction of sp³-hybridized carbons (Fsp3) is 0.467. The van der Waals surface area contributed by atoms with Crippen molar-refractivity contribution >= 4 is 10.0 Å². The average molecular weight is 320 g/mol. The molecular weight excluding hydrogens is 300 g/mol. The Balaban J connectivity index is 1.75. The number of nitrogens with zero attached hydrogens (tertiary/aromatic N) is 4. The van der Waals surface area contributed by atoms with Gasteiger partial charge in [-0.1, -0.05) is 6.07 Å². The molecule has 1 aromatic heterocycles. The van der Waals surface area contributed by atoms with Crippen molar-refractivity contribution in [2.75, 3.05) is 13.1 Å². The summed E-state index contributed by atoms with van der Waals surface area (Å²) in [6, 6.07) is 5.49. The highest BCUT2D eigenvalue weighted by Crippen LogP contribution is 2.26. The van der Waals surface area contributed by atoms with Gasteiger partial charge in [0.1, 0.15) is 0 Å². The predicted molar refractivity (Wildman–Crippen MR) is 83.0 cm³/mol. The Labute approximate surface area is 130 Å². The predicted octanol–water partition coefficient (Wildman–Crippen LogP) is 1.92. The number of aryl methyl sites for hydroxylation is 2. The van der Waals surface area contributed by atoms with Crippen molar-refractivity contribution in [1.82, 2.24) is 19.3 Å². The van der Waals surface area contributed by atoms with Crippen LogP contribution >= 0.6 is 0 Å². The molecule has 1 fully saturated rings. The summed E-state index contributed by atoms with van der Waals surface area (Å²) >= 11 is 0. The maximum Gasteiger partial charge on any atom is 0.243 e. The lowest BCUT2D eigenvalue weighted by Crippen LogP contribution is -2.39. The molecular formula is C15H20N4O2S.